The van der Waals surface area contributed by atoms with Crippen molar-refractivity contribution >= 4 is 38.8 Å². The average Bonchev–Trinajstić information content (AvgIpc) is 1.82. The van der Waals surface area contributed by atoms with E-state index in [0.717, 1.165) is 7.11 Å². The number of aliphatic hydroxyl groups is 1. The average molecular weight is 333 g/mol. The van der Waals surface area contributed by atoms with Gasteiger partial charge in [0.2, 0.25) is 5.02 Å². The van der Waals surface area contributed by atoms with Gasteiger partial charge in [0.1, 0.15) is 0 Å². The van der Waals surface area contributed by atoms with Gasteiger partial charge in [0.15, 0.2) is 0 Å². The quantitative estimate of drug-likeness (QED) is 0.256. The first kappa shape index (κ1) is 22.6. The Balaban J connectivity index is -0.000000169. The Morgan fingerprint density at radius 2 is 1.53 bits per heavy atom. The standard InChI is InChI=1S/CH4Cl2O7P2.CH4O.K.H/c2-1(3)9-12(7,8)10-11(4,5)6;1-2;;/h1H,(H,7,8)(H2,4,5,6);2H,1H3;;/q;;+1;-1. The Kier molecular flexibility index (Phi) is 15.6. The van der Waals surface area contributed by atoms with Crippen LogP contribution in [0.3, 0.4) is 0 Å². The summed E-state index contributed by atoms with van der Waals surface area (Å²) in [6, 6.07) is 0. The van der Waals surface area contributed by atoms with Gasteiger partial charge in [-0.1, -0.05) is 23.2 Å². The normalized spacial score (nSPS) is 14.7. The van der Waals surface area contributed by atoms with E-state index in [1.54, 1.807) is 0 Å². The zero-order valence-electron chi connectivity index (χ0n) is 8.65. The molecule has 0 heterocycles. The molecule has 0 saturated heterocycles. The second-order valence-electron chi connectivity index (χ2n) is 1.41. The van der Waals surface area contributed by atoms with Crippen LogP contribution in [0.1, 0.15) is 1.43 Å². The molecular formula is C2H9Cl2KO8P2. The van der Waals surface area contributed by atoms with E-state index >= 15 is 0 Å². The Morgan fingerprint density at radius 1 is 1.20 bits per heavy atom. The van der Waals surface area contributed by atoms with Crippen LogP contribution in [0.2, 0.25) is 0 Å². The minimum Gasteiger partial charge on any atom is -1.00 e. The number of phosphoric acid groups is 2. The van der Waals surface area contributed by atoms with E-state index in [1.807, 2.05) is 0 Å². The SMILES string of the molecule is CO.O=P(O)(O)OP(=O)(O)OC(Cl)Cl.[H-].[K+]. The van der Waals surface area contributed by atoms with Crippen LogP contribution in [-0.4, -0.2) is 31.9 Å². The molecule has 8 nitrogen and oxygen atoms in total. The fourth-order valence-corrected chi connectivity index (χ4v) is 2.29. The number of hydrogen-bond donors (Lipinski definition) is 4. The van der Waals surface area contributed by atoms with Crippen molar-refractivity contribution in [1.82, 2.24) is 0 Å². The van der Waals surface area contributed by atoms with Gasteiger partial charge in [-0.2, -0.15) is 4.31 Å². The molecule has 0 amide bonds. The zero-order chi connectivity index (χ0) is 12.0. The van der Waals surface area contributed by atoms with Crippen molar-refractivity contribution in [2.45, 2.75) is 5.02 Å². The van der Waals surface area contributed by atoms with Crippen LogP contribution in [0.5, 0.6) is 0 Å². The number of rotatable bonds is 4. The molecule has 1 atom stereocenters. The van der Waals surface area contributed by atoms with Crippen molar-refractivity contribution < 1.29 is 90.6 Å². The maximum absolute atomic E-state index is 10.5. The van der Waals surface area contributed by atoms with E-state index in [4.69, 9.17) is 43.0 Å². The molecule has 0 aromatic heterocycles. The fourth-order valence-electron chi connectivity index (χ4n) is 0.254. The molecule has 0 rings (SSSR count). The van der Waals surface area contributed by atoms with Crippen molar-refractivity contribution in [3.63, 3.8) is 0 Å². The van der Waals surface area contributed by atoms with Crippen LogP contribution >= 0.6 is 38.8 Å². The largest absolute Gasteiger partial charge is 1.00 e. The first-order valence-corrected chi connectivity index (χ1v) is 6.53. The number of halogens is 2. The molecule has 0 saturated carbocycles. The Morgan fingerprint density at radius 3 is 1.73 bits per heavy atom. The molecule has 15 heavy (non-hydrogen) atoms. The Hall–Kier alpha value is 2.44. The summed E-state index contributed by atoms with van der Waals surface area (Å²) in [5.74, 6) is 0. The number of alkyl halides is 2. The van der Waals surface area contributed by atoms with Crippen LogP contribution < -0.4 is 51.4 Å². The van der Waals surface area contributed by atoms with Crippen molar-refractivity contribution in [3.8, 4) is 0 Å². The molecule has 13 heteroatoms. The summed E-state index contributed by atoms with van der Waals surface area (Å²) in [5, 5.41) is 5.28. The predicted octanol–water partition coefficient (Wildman–Crippen LogP) is -2.30. The third-order valence-electron chi connectivity index (χ3n) is 0.422. The second kappa shape index (κ2) is 10.4. The van der Waals surface area contributed by atoms with E-state index in [9.17, 15) is 9.13 Å². The molecule has 0 radical (unpaired) electrons. The van der Waals surface area contributed by atoms with Gasteiger partial charge in [0, 0.05) is 7.11 Å². The number of hydrogen-bond acceptors (Lipinski definition) is 5. The molecule has 1 unspecified atom stereocenters. The van der Waals surface area contributed by atoms with Gasteiger partial charge in [0.25, 0.3) is 0 Å². The monoisotopic (exact) mass is 332 g/mol. The van der Waals surface area contributed by atoms with Gasteiger partial charge in [-0.05, 0) is 0 Å². The third kappa shape index (κ3) is 19.0. The van der Waals surface area contributed by atoms with Crippen molar-refractivity contribution in [1.29, 1.82) is 0 Å². The summed E-state index contributed by atoms with van der Waals surface area (Å²) in [6.45, 7) is 0. The summed E-state index contributed by atoms with van der Waals surface area (Å²) in [5.41, 5.74) is 0. The molecule has 0 spiro atoms. The van der Waals surface area contributed by atoms with Gasteiger partial charge in [-0.15, -0.1) is 0 Å². The second-order valence-corrected chi connectivity index (χ2v) is 5.21. The van der Waals surface area contributed by atoms with Crippen LogP contribution in [0, 0.1) is 0 Å². The topological polar surface area (TPSA) is 134 Å². The molecule has 0 fully saturated rings. The molecule has 0 aromatic carbocycles. The Labute approximate surface area is 140 Å². The number of aliphatic hydroxyl groups excluding tert-OH is 1. The molecule has 0 aliphatic rings. The van der Waals surface area contributed by atoms with Gasteiger partial charge < -0.3 is 21.2 Å². The number of phosphoric ester groups is 1. The van der Waals surface area contributed by atoms with E-state index in [2.05, 4.69) is 8.83 Å². The Bertz CT molecular complexity index is 246. The molecular weight excluding hydrogens is 324 g/mol. The minimum atomic E-state index is -5.10. The van der Waals surface area contributed by atoms with E-state index in [-0.39, 0.29) is 52.8 Å². The third-order valence-corrected chi connectivity index (χ3v) is 3.00. The van der Waals surface area contributed by atoms with Gasteiger partial charge in [-0.3, -0.25) is 4.52 Å². The first-order chi connectivity index (χ1) is 6.12. The van der Waals surface area contributed by atoms with Crippen molar-refractivity contribution in [2.24, 2.45) is 0 Å². The smallest absolute Gasteiger partial charge is 1.00 e. The van der Waals surface area contributed by atoms with Gasteiger partial charge in [-0.25, -0.2) is 9.13 Å². The molecule has 0 bridgehead atoms. The van der Waals surface area contributed by atoms with Gasteiger partial charge in [0.05, 0.1) is 0 Å². The predicted molar refractivity (Wildman–Crippen MR) is 48.8 cm³/mol. The fraction of sp³-hybridized carbons (Fsp3) is 1.00. The molecule has 90 valence electrons. The van der Waals surface area contributed by atoms with E-state index in [1.165, 1.54) is 0 Å². The summed E-state index contributed by atoms with van der Waals surface area (Å²) < 4.78 is 27.6. The van der Waals surface area contributed by atoms with E-state index < -0.39 is 20.7 Å². The molecule has 4 N–H and O–H groups in total. The molecule has 0 aliphatic carbocycles. The maximum atomic E-state index is 10.5. The first-order valence-electron chi connectivity index (χ1n) is 2.63. The van der Waals surface area contributed by atoms with Crippen molar-refractivity contribution in [3.05, 3.63) is 0 Å². The van der Waals surface area contributed by atoms with E-state index in [0.29, 0.717) is 0 Å². The zero-order valence-corrected chi connectivity index (χ0v) is 14.1. The minimum absolute atomic E-state index is 0. The van der Waals surface area contributed by atoms with Crippen LogP contribution in [0.15, 0.2) is 0 Å². The molecule has 0 aliphatic heterocycles. The molecule has 0 aromatic rings. The maximum Gasteiger partial charge on any atom is 1.00 e. The summed E-state index contributed by atoms with van der Waals surface area (Å²) in [7, 11) is -9.00. The summed E-state index contributed by atoms with van der Waals surface area (Å²) >= 11 is 9.74. The summed E-state index contributed by atoms with van der Waals surface area (Å²) in [6.07, 6.45) is 0. The van der Waals surface area contributed by atoms with Crippen LogP contribution in [-0.2, 0) is 18.0 Å². The van der Waals surface area contributed by atoms with Crippen molar-refractivity contribution in [2.75, 3.05) is 7.11 Å². The summed E-state index contributed by atoms with van der Waals surface area (Å²) in [4.78, 5) is 24.6. The van der Waals surface area contributed by atoms with Crippen LogP contribution in [0.25, 0.3) is 0 Å². The van der Waals surface area contributed by atoms with Gasteiger partial charge >= 0.3 is 67.0 Å². The van der Waals surface area contributed by atoms with Crippen LogP contribution in [0.4, 0.5) is 0 Å².